The molecular weight excluding hydrogens is 158 g/mol. The van der Waals surface area contributed by atoms with E-state index in [1.807, 2.05) is 14.0 Å². The van der Waals surface area contributed by atoms with Crippen LogP contribution in [0, 0.1) is 0 Å². The number of hydrogen-bond donors (Lipinski definition) is 0. The van der Waals surface area contributed by atoms with Gasteiger partial charge in [-0.2, -0.15) is 0 Å². The van der Waals surface area contributed by atoms with Crippen molar-refractivity contribution in [1.29, 1.82) is 0 Å². The van der Waals surface area contributed by atoms with Gasteiger partial charge in [0.1, 0.15) is 0 Å². The van der Waals surface area contributed by atoms with Crippen LogP contribution in [0.15, 0.2) is 29.3 Å². The average molecular weight is 175 g/mol. The molecule has 0 amide bonds. The van der Waals surface area contributed by atoms with Crippen LogP contribution in [0.3, 0.4) is 0 Å². The Labute approximate surface area is 80.5 Å². The summed E-state index contributed by atoms with van der Waals surface area (Å²) in [5.74, 6) is 0.605. The maximum atomic E-state index is 4.15. The SMILES string of the molecule is CN=C(C)c1ccc(C(C)C)cc1. The number of aliphatic imine (C=N–C) groups is 1. The van der Waals surface area contributed by atoms with E-state index in [-0.39, 0.29) is 0 Å². The molecule has 0 saturated heterocycles. The van der Waals surface area contributed by atoms with Crippen molar-refractivity contribution >= 4 is 5.71 Å². The fourth-order valence-corrected chi connectivity index (χ4v) is 1.24. The van der Waals surface area contributed by atoms with Gasteiger partial charge in [-0.25, -0.2) is 0 Å². The van der Waals surface area contributed by atoms with Crippen molar-refractivity contribution in [3.05, 3.63) is 35.4 Å². The van der Waals surface area contributed by atoms with E-state index in [9.17, 15) is 0 Å². The van der Waals surface area contributed by atoms with E-state index < -0.39 is 0 Å². The second-order valence-electron chi connectivity index (χ2n) is 3.59. The van der Waals surface area contributed by atoms with Gasteiger partial charge in [-0.05, 0) is 24.0 Å². The summed E-state index contributed by atoms with van der Waals surface area (Å²) in [5.41, 5.74) is 3.69. The fraction of sp³-hybridized carbons (Fsp3) is 0.417. The van der Waals surface area contributed by atoms with Crippen molar-refractivity contribution in [2.24, 2.45) is 4.99 Å². The fourth-order valence-electron chi connectivity index (χ4n) is 1.24. The molecule has 0 N–H and O–H groups in total. The third-order valence-corrected chi connectivity index (χ3v) is 2.33. The zero-order chi connectivity index (χ0) is 9.84. The van der Waals surface area contributed by atoms with Gasteiger partial charge in [0, 0.05) is 12.8 Å². The molecule has 0 aliphatic rings. The number of rotatable bonds is 2. The van der Waals surface area contributed by atoms with E-state index in [0.29, 0.717) is 5.92 Å². The highest BCUT2D eigenvalue weighted by Gasteiger charge is 1.99. The van der Waals surface area contributed by atoms with Crippen molar-refractivity contribution in [2.75, 3.05) is 7.05 Å². The largest absolute Gasteiger partial charge is 0.293 e. The van der Waals surface area contributed by atoms with Crippen molar-refractivity contribution in [2.45, 2.75) is 26.7 Å². The second kappa shape index (κ2) is 4.22. The maximum Gasteiger partial charge on any atom is 0.0386 e. The molecule has 1 heteroatoms. The highest BCUT2D eigenvalue weighted by molar-refractivity contribution is 5.98. The Balaban J connectivity index is 2.94. The summed E-state index contributed by atoms with van der Waals surface area (Å²) in [5, 5.41) is 0. The Hall–Kier alpha value is -1.11. The Kier molecular flexibility index (Phi) is 3.24. The molecule has 0 spiro atoms. The summed E-state index contributed by atoms with van der Waals surface area (Å²) in [6.07, 6.45) is 0. The third kappa shape index (κ3) is 2.41. The smallest absolute Gasteiger partial charge is 0.0386 e. The molecule has 0 aliphatic carbocycles. The van der Waals surface area contributed by atoms with Crippen molar-refractivity contribution in [3.8, 4) is 0 Å². The Morgan fingerprint density at radius 1 is 1.15 bits per heavy atom. The predicted octanol–water partition coefficient (Wildman–Crippen LogP) is 3.25. The topological polar surface area (TPSA) is 12.4 Å². The summed E-state index contributed by atoms with van der Waals surface area (Å²) in [6.45, 7) is 6.44. The first kappa shape index (κ1) is 9.97. The predicted molar refractivity (Wildman–Crippen MR) is 58.7 cm³/mol. The molecule has 0 heterocycles. The molecule has 0 aromatic heterocycles. The minimum atomic E-state index is 0.605. The van der Waals surface area contributed by atoms with Crippen LogP contribution in [0.2, 0.25) is 0 Å². The molecule has 1 rings (SSSR count). The van der Waals surface area contributed by atoms with Gasteiger partial charge in [-0.3, -0.25) is 4.99 Å². The standard InChI is InChI=1S/C12H17N/c1-9(2)11-5-7-12(8-6-11)10(3)13-4/h5-9H,1-4H3. The Bertz CT molecular complexity index is 293. The van der Waals surface area contributed by atoms with Crippen LogP contribution in [0.4, 0.5) is 0 Å². The van der Waals surface area contributed by atoms with Crippen LogP contribution >= 0.6 is 0 Å². The number of nitrogens with zero attached hydrogens (tertiary/aromatic N) is 1. The lowest BCUT2D eigenvalue weighted by Crippen LogP contribution is -1.95. The lowest BCUT2D eigenvalue weighted by molar-refractivity contribution is 0.866. The molecule has 0 bridgehead atoms. The molecule has 70 valence electrons. The minimum Gasteiger partial charge on any atom is -0.293 e. The third-order valence-electron chi connectivity index (χ3n) is 2.33. The van der Waals surface area contributed by atoms with Gasteiger partial charge < -0.3 is 0 Å². The monoisotopic (exact) mass is 175 g/mol. The Morgan fingerprint density at radius 2 is 1.69 bits per heavy atom. The molecule has 0 atom stereocenters. The molecule has 0 radical (unpaired) electrons. The molecule has 0 fully saturated rings. The normalized spacial score (nSPS) is 12.2. The van der Waals surface area contributed by atoms with Crippen LogP contribution in [0.1, 0.15) is 37.8 Å². The van der Waals surface area contributed by atoms with Gasteiger partial charge in [0.15, 0.2) is 0 Å². The quantitative estimate of drug-likeness (QED) is 0.612. The van der Waals surface area contributed by atoms with E-state index in [1.165, 1.54) is 11.1 Å². The zero-order valence-corrected chi connectivity index (χ0v) is 8.83. The molecule has 0 saturated carbocycles. The first-order valence-corrected chi connectivity index (χ1v) is 4.69. The molecule has 1 aromatic carbocycles. The summed E-state index contributed by atoms with van der Waals surface area (Å²) in [7, 11) is 1.83. The summed E-state index contributed by atoms with van der Waals surface area (Å²) in [6, 6.07) is 8.62. The van der Waals surface area contributed by atoms with E-state index in [4.69, 9.17) is 0 Å². The molecule has 0 aliphatic heterocycles. The number of hydrogen-bond acceptors (Lipinski definition) is 1. The molecule has 0 unspecified atom stereocenters. The maximum absolute atomic E-state index is 4.15. The summed E-state index contributed by atoms with van der Waals surface area (Å²) < 4.78 is 0. The van der Waals surface area contributed by atoms with Crippen LogP contribution in [0.5, 0.6) is 0 Å². The molecule has 1 aromatic rings. The Morgan fingerprint density at radius 3 is 2.08 bits per heavy atom. The summed E-state index contributed by atoms with van der Waals surface area (Å²) in [4.78, 5) is 4.15. The van der Waals surface area contributed by atoms with E-state index in [0.717, 1.165) is 5.71 Å². The molecule has 13 heavy (non-hydrogen) atoms. The zero-order valence-electron chi connectivity index (χ0n) is 8.83. The molecule has 1 nitrogen and oxygen atoms in total. The first-order chi connectivity index (χ1) is 6.15. The molecular formula is C12H17N. The second-order valence-corrected chi connectivity index (χ2v) is 3.59. The van der Waals surface area contributed by atoms with Crippen molar-refractivity contribution < 1.29 is 0 Å². The minimum absolute atomic E-state index is 0.605. The van der Waals surface area contributed by atoms with E-state index in [1.54, 1.807) is 0 Å². The van der Waals surface area contributed by atoms with Gasteiger partial charge in [0.05, 0.1) is 0 Å². The highest BCUT2D eigenvalue weighted by Crippen LogP contribution is 2.14. The van der Waals surface area contributed by atoms with E-state index in [2.05, 4.69) is 43.1 Å². The van der Waals surface area contributed by atoms with Crippen molar-refractivity contribution in [1.82, 2.24) is 0 Å². The first-order valence-electron chi connectivity index (χ1n) is 4.69. The summed E-state index contributed by atoms with van der Waals surface area (Å²) >= 11 is 0. The van der Waals surface area contributed by atoms with Crippen molar-refractivity contribution in [3.63, 3.8) is 0 Å². The average Bonchev–Trinajstić information content (AvgIpc) is 2.17. The van der Waals surface area contributed by atoms with Gasteiger partial charge in [-0.15, -0.1) is 0 Å². The van der Waals surface area contributed by atoms with Crippen LogP contribution in [-0.4, -0.2) is 12.8 Å². The van der Waals surface area contributed by atoms with Crippen LogP contribution in [0.25, 0.3) is 0 Å². The van der Waals surface area contributed by atoms with E-state index >= 15 is 0 Å². The van der Waals surface area contributed by atoms with Gasteiger partial charge >= 0.3 is 0 Å². The van der Waals surface area contributed by atoms with Crippen LogP contribution < -0.4 is 0 Å². The van der Waals surface area contributed by atoms with Gasteiger partial charge in [0.2, 0.25) is 0 Å². The lowest BCUT2D eigenvalue weighted by Gasteiger charge is -2.06. The lowest BCUT2D eigenvalue weighted by atomic mass is 10.0. The van der Waals surface area contributed by atoms with Gasteiger partial charge in [0.25, 0.3) is 0 Å². The van der Waals surface area contributed by atoms with Crippen LogP contribution in [-0.2, 0) is 0 Å². The highest BCUT2D eigenvalue weighted by atomic mass is 14.7. The van der Waals surface area contributed by atoms with Gasteiger partial charge in [-0.1, -0.05) is 38.1 Å². The number of benzene rings is 1.